The third-order valence-corrected chi connectivity index (χ3v) is 4.89. The van der Waals surface area contributed by atoms with Crippen LogP contribution in [0.3, 0.4) is 0 Å². The van der Waals surface area contributed by atoms with E-state index in [1.807, 2.05) is 36.6 Å². The molecular weight excluding hydrogens is 360 g/mol. The molecule has 0 saturated carbocycles. The van der Waals surface area contributed by atoms with Gasteiger partial charge in [0.25, 0.3) is 5.91 Å². The minimum atomic E-state index is -0.458. The molecule has 2 aromatic carbocycles. The van der Waals surface area contributed by atoms with Crippen molar-refractivity contribution >= 4 is 23.2 Å². The number of hydrogen-bond donors (Lipinski definition) is 1. The van der Waals surface area contributed by atoms with Gasteiger partial charge in [-0.1, -0.05) is 30.3 Å². The molecule has 0 aliphatic rings. The van der Waals surface area contributed by atoms with Gasteiger partial charge in [0.1, 0.15) is 0 Å². The van der Waals surface area contributed by atoms with Crippen LogP contribution in [0.2, 0.25) is 0 Å². The third kappa shape index (κ3) is 4.80. The van der Waals surface area contributed by atoms with E-state index < -0.39 is 5.97 Å². The molecule has 0 atom stereocenters. The van der Waals surface area contributed by atoms with Gasteiger partial charge in [-0.15, -0.1) is 11.3 Å². The Balaban J connectivity index is 1.55. The molecule has 0 saturated heterocycles. The molecule has 0 unspecified atom stereocenters. The van der Waals surface area contributed by atoms with E-state index in [1.165, 1.54) is 13.2 Å². The van der Waals surface area contributed by atoms with E-state index in [0.717, 1.165) is 28.2 Å². The van der Waals surface area contributed by atoms with Crippen molar-refractivity contribution in [1.29, 1.82) is 0 Å². The third-order valence-electron chi connectivity index (χ3n) is 4.11. The van der Waals surface area contributed by atoms with Crippen LogP contribution in [-0.4, -0.2) is 30.5 Å². The summed E-state index contributed by atoms with van der Waals surface area (Å²) in [6, 6.07) is 14.7. The number of aromatic nitrogens is 1. The van der Waals surface area contributed by atoms with Gasteiger partial charge in [-0.2, -0.15) is 0 Å². The minimum absolute atomic E-state index is 0.213. The number of carbonyl (C=O) groups excluding carboxylic acids is 2. The lowest BCUT2D eigenvalue weighted by molar-refractivity contribution is 0.0600. The molecule has 138 valence electrons. The highest BCUT2D eigenvalue weighted by Gasteiger charge is 2.10. The van der Waals surface area contributed by atoms with Gasteiger partial charge in [0, 0.05) is 23.1 Å². The predicted octanol–water partition coefficient (Wildman–Crippen LogP) is 3.88. The smallest absolute Gasteiger partial charge is 0.337 e. The van der Waals surface area contributed by atoms with Crippen LogP contribution in [-0.2, 0) is 11.2 Å². The molecule has 1 heterocycles. The fourth-order valence-corrected chi connectivity index (χ4v) is 3.29. The van der Waals surface area contributed by atoms with Crippen molar-refractivity contribution in [3.63, 3.8) is 0 Å². The predicted molar refractivity (Wildman–Crippen MR) is 106 cm³/mol. The Morgan fingerprint density at radius 2 is 1.85 bits per heavy atom. The van der Waals surface area contributed by atoms with Crippen LogP contribution in [0.25, 0.3) is 11.3 Å². The number of amides is 1. The standard InChI is InChI=1S/C21H20N2O3S/c1-14-23-19(13-27-14)16-8-6-15(7-9-16)10-11-22-20(24)17-4-3-5-18(12-17)21(25)26-2/h3-9,12-13H,10-11H2,1-2H3,(H,22,24). The van der Waals surface area contributed by atoms with Crippen LogP contribution in [0.1, 0.15) is 31.3 Å². The van der Waals surface area contributed by atoms with Crippen LogP contribution in [0.5, 0.6) is 0 Å². The maximum Gasteiger partial charge on any atom is 0.337 e. The van der Waals surface area contributed by atoms with Crippen molar-refractivity contribution in [3.8, 4) is 11.3 Å². The average molecular weight is 380 g/mol. The highest BCUT2D eigenvalue weighted by atomic mass is 32.1. The topological polar surface area (TPSA) is 68.3 Å². The van der Waals surface area contributed by atoms with E-state index in [-0.39, 0.29) is 5.91 Å². The van der Waals surface area contributed by atoms with Gasteiger partial charge in [-0.05, 0) is 37.1 Å². The first-order valence-corrected chi connectivity index (χ1v) is 9.43. The Morgan fingerprint density at radius 1 is 1.11 bits per heavy atom. The van der Waals surface area contributed by atoms with Crippen molar-refractivity contribution in [2.45, 2.75) is 13.3 Å². The van der Waals surface area contributed by atoms with E-state index >= 15 is 0 Å². The van der Waals surface area contributed by atoms with E-state index in [9.17, 15) is 9.59 Å². The number of aryl methyl sites for hydroxylation is 1. The Morgan fingerprint density at radius 3 is 2.52 bits per heavy atom. The highest BCUT2D eigenvalue weighted by molar-refractivity contribution is 7.09. The molecule has 0 radical (unpaired) electrons. The highest BCUT2D eigenvalue weighted by Crippen LogP contribution is 2.21. The number of thiazole rings is 1. The Kier molecular flexibility index (Phi) is 5.98. The van der Waals surface area contributed by atoms with Gasteiger partial charge in [0.15, 0.2) is 0 Å². The van der Waals surface area contributed by atoms with Gasteiger partial charge in [0.2, 0.25) is 0 Å². The Bertz CT molecular complexity index is 948. The van der Waals surface area contributed by atoms with Crippen LogP contribution in [0.15, 0.2) is 53.9 Å². The van der Waals surface area contributed by atoms with Gasteiger partial charge >= 0.3 is 5.97 Å². The summed E-state index contributed by atoms with van der Waals surface area (Å²) in [5.74, 6) is -0.671. The first kappa shape index (κ1) is 18.8. The lowest BCUT2D eigenvalue weighted by atomic mass is 10.1. The summed E-state index contributed by atoms with van der Waals surface area (Å²) in [5.41, 5.74) is 4.01. The quantitative estimate of drug-likeness (QED) is 0.659. The van der Waals surface area contributed by atoms with E-state index in [1.54, 1.807) is 29.5 Å². The number of carbonyl (C=O) groups is 2. The maximum atomic E-state index is 12.3. The van der Waals surface area contributed by atoms with Crippen LogP contribution in [0.4, 0.5) is 0 Å². The molecule has 0 aliphatic carbocycles. The molecule has 0 fully saturated rings. The molecule has 27 heavy (non-hydrogen) atoms. The van der Waals surface area contributed by atoms with Crippen LogP contribution in [0, 0.1) is 6.92 Å². The minimum Gasteiger partial charge on any atom is -0.465 e. The largest absolute Gasteiger partial charge is 0.465 e. The van der Waals surface area contributed by atoms with Crippen LogP contribution >= 0.6 is 11.3 Å². The fraction of sp³-hybridized carbons (Fsp3) is 0.190. The molecule has 0 bridgehead atoms. The second-order valence-corrected chi connectivity index (χ2v) is 7.09. The Hall–Kier alpha value is -2.99. The summed E-state index contributed by atoms with van der Waals surface area (Å²) in [6.45, 7) is 2.50. The van der Waals surface area contributed by atoms with E-state index in [0.29, 0.717) is 17.7 Å². The number of nitrogens with zero attached hydrogens (tertiary/aromatic N) is 1. The van der Waals surface area contributed by atoms with Crippen molar-refractivity contribution in [2.75, 3.05) is 13.7 Å². The maximum absolute atomic E-state index is 12.3. The average Bonchev–Trinajstić information content (AvgIpc) is 3.14. The van der Waals surface area contributed by atoms with Gasteiger partial charge in [-0.3, -0.25) is 4.79 Å². The van der Waals surface area contributed by atoms with E-state index in [4.69, 9.17) is 0 Å². The number of ether oxygens (including phenoxy) is 1. The summed E-state index contributed by atoms with van der Waals surface area (Å²) < 4.78 is 4.68. The summed E-state index contributed by atoms with van der Waals surface area (Å²) in [7, 11) is 1.32. The zero-order valence-corrected chi connectivity index (χ0v) is 16.0. The molecular formula is C21H20N2O3S. The first-order chi connectivity index (χ1) is 13.1. The number of hydrogen-bond acceptors (Lipinski definition) is 5. The lowest BCUT2D eigenvalue weighted by Gasteiger charge is -2.07. The van der Waals surface area contributed by atoms with Crippen molar-refractivity contribution in [3.05, 3.63) is 75.6 Å². The summed E-state index contributed by atoms with van der Waals surface area (Å²) in [5, 5.41) is 5.98. The van der Waals surface area contributed by atoms with Gasteiger partial charge < -0.3 is 10.1 Å². The zero-order chi connectivity index (χ0) is 19.2. The monoisotopic (exact) mass is 380 g/mol. The molecule has 1 N–H and O–H groups in total. The molecule has 6 heteroatoms. The fourth-order valence-electron chi connectivity index (χ4n) is 2.67. The SMILES string of the molecule is COC(=O)c1cccc(C(=O)NCCc2ccc(-c3csc(C)n3)cc2)c1. The lowest BCUT2D eigenvalue weighted by Crippen LogP contribution is -2.25. The number of methoxy groups -OCH3 is 1. The number of rotatable bonds is 6. The van der Waals surface area contributed by atoms with E-state index in [2.05, 4.69) is 15.0 Å². The molecule has 3 aromatic rings. The second-order valence-electron chi connectivity index (χ2n) is 6.03. The summed E-state index contributed by atoms with van der Waals surface area (Å²) in [6.07, 6.45) is 0.721. The van der Waals surface area contributed by atoms with Gasteiger partial charge in [-0.25, -0.2) is 9.78 Å². The summed E-state index contributed by atoms with van der Waals surface area (Å²) in [4.78, 5) is 28.3. The normalized spacial score (nSPS) is 10.4. The molecule has 3 rings (SSSR count). The van der Waals surface area contributed by atoms with Crippen molar-refractivity contribution < 1.29 is 14.3 Å². The molecule has 1 aromatic heterocycles. The number of esters is 1. The molecule has 5 nitrogen and oxygen atoms in total. The van der Waals surface area contributed by atoms with Crippen molar-refractivity contribution in [1.82, 2.24) is 10.3 Å². The number of nitrogens with one attached hydrogen (secondary N) is 1. The second kappa shape index (κ2) is 8.60. The summed E-state index contributed by atoms with van der Waals surface area (Å²) >= 11 is 1.63. The Labute approximate surface area is 162 Å². The number of benzene rings is 2. The first-order valence-electron chi connectivity index (χ1n) is 8.55. The van der Waals surface area contributed by atoms with Crippen LogP contribution < -0.4 is 5.32 Å². The molecule has 1 amide bonds. The molecule has 0 aliphatic heterocycles. The molecule has 0 spiro atoms. The van der Waals surface area contributed by atoms with Crippen molar-refractivity contribution in [2.24, 2.45) is 0 Å². The van der Waals surface area contributed by atoms with Gasteiger partial charge in [0.05, 0.1) is 23.4 Å². The zero-order valence-electron chi connectivity index (χ0n) is 15.2.